The number of Topliss-reactive ketones (excluding diaryl/α,β-unsaturated/α-hetero) is 1. The van der Waals surface area contributed by atoms with Gasteiger partial charge in [0.25, 0.3) is 0 Å². The molecular weight excluding hydrogens is 384 g/mol. The maximum Gasteiger partial charge on any atom is 0.230 e. The van der Waals surface area contributed by atoms with Crippen LogP contribution in [0, 0.1) is 5.41 Å². The van der Waals surface area contributed by atoms with Crippen molar-refractivity contribution in [3.63, 3.8) is 0 Å². The highest BCUT2D eigenvalue weighted by molar-refractivity contribution is 7.79. The van der Waals surface area contributed by atoms with Crippen LogP contribution in [-0.2, 0) is 28.7 Å². The summed E-state index contributed by atoms with van der Waals surface area (Å²) in [6.45, 7) is 0. The Morgan fingerprint density at radius 2 is 1.93 bits per heavy atom. The first-order valence-corrected chi connectivity index (χ1v) is 10.9. The molecule has 0 bridgehead atoms. The van der Waals surface area contributed by atoms with E-state index in [1.807, 2.05) is 0 Å². The number of nitrogens with one attached hydrogen (secondary N) is 1. The molecule has 6 nitrogen and oxygen atoms in total. The zero-order valence-electron chi connectivity index (χ0n) is 14.7. The van der Waals surface area contributed by atoms with Gasteiger partial charge in [-0.1, -0.05) is 36.3 Å². The minimum Gasteiger partial charge on any atom is -0.768 e. The normalized spacial score (nSPS) is 19.1. The Balaban J connectivity index is 1.44. The van der Waals surface area contributed by atoms with Crippen molar-refractivity contribution < 1.29 is 18.4 Å². The van der Waals surface area contributed by atoms with Gasteiger partial charge in [0.05, 0.1) is 17.0 Å². The zero-order valence-corrected chi connectivity index (χ0v) is 16.3. The number of amides is 1. The molecule has 1 spiro atoms. The fraction of sp³-hybridized carbons (Fsp3) is 0.421. The molecule has 1 aromatic carbocycles. The topological polar surface area (TPSA) is 99.2 Å². The number of carbonyl (C=O) groups excluding carboxylic acids is 2. The van der Waals surface area contributed by atoms with Crippen LogP contribution in [0.1, 0.15) is 53.0 Å². The number of nitrogens with zero attached hydrogens (tertiary/aromatic N) is 1. The van der Waals surface area contributed by atoms with Crippen LogP contribution in [0.3, 0.4) is 0 Å². The summed E-state index contributed by atoms with van der Waals surface area (Å²) in [5.41, 5.74) is 1.33. The van der Waals surface area contributed by atoms with Crippen molar-refractivity contribution in [2.24, 2.45) is 5.41 Å². The molecule has 1 fully saturated rings. The van der Waals surface area contributed by atoms with Crippen LogP contribution in [0.2, 0.25) is 0 Å². The number of carbonyl (C=O) groups is 2. The molecule has 1 unspecified atom stereocenters. The van der Waals surface area contributed by atoms with Gasteiger partial charge >= 0.3 is 0 Å². The van der Waals surface area contributed by atoms with Gasteiger partial charge in [0.2, 0.25) is 5.91 Å². The third kappa shape index (κ3) is 3.61. The minimum absolute atomic E-state index is 0.119. The summed E-state index contributed by atoms with van der Waals surface area (Å²) in [5.74, 6) is -0.0272. The lowest BCUT2D eigenvalue weighted by Crippen LogP contribution is -2.32. The molecule has 0 aliphatic heterocycles. The number of thiazole rings is 1. The van der Waals surface area contributed by atoms with E-state index in [0.717, 1.165) is 44.2 Å². The maximum atomic E-state index is 12.9. The average Bonchev–Trinajstić information content (AvgIpc) is 3.27. The quantitative estimate of drug-likeness (QED) is 0.790. The van der Waals surface area contributed by atoms with E-state index in [2.05, 4.69) is 10.3 Å². The second kappa shape index (κ2) is 7.26. The van der Waals surface area contributed by atoms with E-state index in [9.17, 15) is 18.4 Å². The van der Waals surface area contributed by atoms with Crippen LogP contribution in [0.15, 0.2) is 29.2 Å². The predicted molar refractivity (Wildman–Crippen MR) is 102 cm³/mol. The highest BCUT2D eigenvalue weighted by Gasteiger charge is 2.45. The number of rotatable bonds is 4. The van der Waals surface area contributed by atoms with Gasteiger partial charge in [-0.15, -0.1) is 0 Å². The van der Waals surface area contributed by atoms with Crippen molar-refractivity contribution >= 4 is 39.2 Å². The third-order valence-electron chi connectivity index (χ3n) is 5.51. The van der Waals surface area contributed by atoms with Crippen molar-refractivity contribution in [2.45, 2.75) is 49.8 Å². The molecule has 27 heavy (non-hydrogen) atoms. The van der Waals surface area contributed by atoms with Gasteiger partial charge in [-0.05, 0) is 54.5 Å². The van der Waals surface area contributed by atoms with Gasteiger partial charge in [-0.3, -0.25) is 13.8 Å². The molecule has 2 aliphatic carbocycles. The monoisotopic (exact) mass is 403 g/mol. The van der Waals surface area contributed by atoms with E-state index in [1.54, 1.807) is 12.1 Å². The first-order chi connectivity index (χ1) is 13.0. The van der Waals surface area contributed by atoms with Crippen molar-refractivity contribution in [3.8, 4) is 0 Å². The molecule has 1 aromatic heterocycles. The first kappa shape index (κ1) is 18.5. The number of benzene rings is 1. The molecule has 1 saturated carbocycles. The minimum atomic E-state index is -2.28. The van der Waals surface area contributed by atoms with Gasteiger partial charge in [0.15, 0.2) is 10.9 Å². The Kier molecular flexibility index (Phi) is 4.96. The SMILES string of the molecule is O=C(Cc1ccc(S(=O)[O-])cc1)Nc1nc2c(s1)C(=O)C1(CCCC1)CC2. The standard InChI is InChI=1S/C19H20N2O4S2/c22-15(11-12-3-5-13(6-4-12)27(24)25)21-18-20-14-7-10-19(8-1-2-9-19)17(23)16(14)26-18/h3-6H,1-2,7-11H2,(H,24,25)(H,20,21,22)/p-1. The number of aryl methyl sites for hydroxylation is 1. The molecule has 1 N–H and O–H groups in total. The van der Waals surface area contributed by atoms with Crippen LogP contribution in [-0.4, -0.2) is 25.4 Å². The molecule has 2 aliphatic rings. The highest BCUT2D eigenvalue weighted by atomic mass is 32.2. The van der Waals surface area contributed by atoms with E-state index >= 15 is 0 Å². The first-order valence-electron chi connectivity index (χ1n) is 8.99. The van der Waals surface area contributed by atoms with Gasteiger partial charge < -0.3 is 9.87 Å². The number of ketones is 1. The Morgan fingerprint density at radius 3 is 2.59 bits per heavy atom. The number of hydrogen-bond donors (Lipinski definition) is 1. The average molecular weight is 404 g/mol. The summed E-state index contributed by atoms with van der Waals surface area (Å²) < 4.78 is 21.8. The number of aromatic nitrogens is 1. The Hall–Kier alpha value is -1.90. The smallest absolute Gasteiger partial charge is 0.230 e. The molecule has 0 radical (unpaired) electrons. The van der Waals surface area contributed by atoms with Gasteiger partial charge in [-0.2, -0.15) is 0 Å². The van der Waals surface area contributed by atoms with Crippen LogP contribution < -0.4 is 5.32 Å². The number of hydrogen-bond acceptors (Lipinski definition) is 6. The number of anilines is 1. The number of fused-ring (bicyclic) bond motifs is 1. The molecule has 4 rings (SSSR count). The van der Waals surface area contributed by atoms with E-state index in [4.69, 9.17) is 0 Å². The van der Waals surface area contributed by atoms with E-state index in [0.29, 0.717) is 15.6 Å². The molecular formula is C19H19N2O4S2-. The summed E-state index contributed by atoms with van der Waals surface area (Å²) in [6, 6.07) is 6.16. The van der Waals surface area contributed by atoms with Crippen LogP contribution in [0.5, 0.6) is 0 Å². The Labute approximate surface area is 163 Å². The van der Waals surface area contributed by atoms with Crippen LogP contribution in [0.25, 0.3) is 0 Å². The largest absolute Gasteiger partial charge is 0.768 e. The van der Waals surface area contributed by atoms with E-state index < -0.39 is 11.1 Å². The Bertz CT molecular complexity index is 914. The lowest BCUT2D eigenvalue weighted by Gasteiger charge is -2.30. The second-order valence-corrected chi connectivity index (χ2v) is 9.15. The molecule has 1 amide bonds. The molecule has 1 atom stereocenters. The summed E-state index contributed by atoms with van der Waals surface area (Å²) in [5, 5.41) is 3.24. The summed E-state index contributed by atoms with van der Waals surface area (Å²) in [4.78, 5) is 30.6. The molecule has 142 valence electrons. The van der Waals surface area contributed by atoms with Gasteiger partial charge in [0, 0.05) is 10.3 Å². The zero-order chi connectivity index (χ0) is 19.0. The summed E-state index contributed by atoms with van der Waals surface area (Å²) in [7, 11) is 0. The van der Waals surface area contributed by atoms with Gasteiger partial charge in [-0.25, -0.2) is 4.98 Å². The van der Waals surface area contributed by atoms with Crippen molar-refractivity contribution in [2.75, 3.05) is 5.32 Å². The molecule has 1 heterocycles. The molecule has 0 saturated heterocycles. The lowest BCUT2D eigenvalue weighted by molar-refractivity contribution is -0.115. The fourth-order valence-corrected chi connectivity index (χ4v) is 5.51. The second-order valence-electron chi connectivity index (χ2n) is 7.22. The van der Waals surface area contributed by atoms with Gasteiger partial charge in [0.1, 0.15) is 0 Å². The molecule has 2 aromatic rings. The Morgan fingerprint density at radius 1 is 1.22 bits per heavy atom. The predicted octanol–water partition coefficient (Wildman–Crippen LogP) is 3.25. The summed E-state index contributed by atoms with van der Waals surface area (Å²) in [6.07, 6.45) is 5.94. The maximum absolute atomic E-state index is 12.9. The fourth-order valence-electron chi connectivity index (χ4n) is 4.06. The lowest BCUT2D eigenvalue weighted by atomic mass is 9.73. The third-order valence-corrected chi connectivity index (χ3v) is 7.18. The van der Waals surface area contributed by atoms with E-state index in [1.165, 1.54) is 23.5 Å². The highest BCUT2D eigenvalue weighted by Crippen LogP contribution is 2.49. The molecule has 8 heteroatoms. The van der Waals surface area contributed by atoms with Crippen molar-refractivity contribution in [3.05, 3.63) is 40.4 Å². The van der Waals surface area contributed by atoms with Crippen LogP contribution in [0.4, 0.5) is 5.13 Å². The van der Waals surface area contributed by atoms with Crippen LogP contribution >= 0.6 is 11.3 Å². The van der Waals surface area contributed by atoms with Crippen molar-refractivity contribution in [1.29, 1.82) is 0 Å². The van der Waals surface area contributed by atoms with E-state index in [-0.39, 0.29) is 28.4 Å². The summed E-state index contributed by atoms with van der Waals surface area (Å²) >= 11 is -1.00. The van der Waals surface area contributed by atoms with Crippen molar-refractivity contribution in [1.82, 2.24) is 4.98 Å².